The topological polar surface area (TPSA) is 45.4 Å². The molecule has 1 aromatic heterocycles. The summed E-state index contributed by atoms with van der Waals surface area (Å²) >= 11 is 0. The van der Waals surface area contributed by atoms with Crippen LogP contribution in [0.15, 0.2) is 28.8 Å². The molecule has 1 aliphatic rings. The lowest BCUT2D eigenvalue weighted by Gasteiger charge is -2.33. The van der Waals surface area contributed by atoms with E-state index in [4.69, 9.17) is 4.52 Å². The van der Waals surface area contributed by atoms with Gasteiger partial charge in [0.1, 0.15) is 0 Å². The molecule has 0 radical (unpaired) electrons. The number of rotatable bonds is 4. The molecule has 2 heterocycles. The zero-order valence-electron chi connectivity index (χ0n) is 13.4. The standard InChI is InChI=1S/C16H19F3N4O/c1-2-22-7-9-23(10-8-22)11-14-20-15(21-24-14)12-3-5-13(6-4-12)16(17,18)19/h3-6H,2,7-11H2,1H3. The molecule has 5 nitrogen and oxygen atoms in total. The normalized spacial score (nSPS) is 17.3. The lowest BCUT2D eigenvalue weighted by molar-refractivity contribution is -0.137. The minimum atomic E-state index is -4.35. The summed E-state index contributed by atoms with van der Waals surface area (Å²) < 4.78 is 43.0. The third-order valence-corrected chi connectivity index (χ3v) is 4.21. The Morgan fingerprint density at radius 2 is 1.67 bits per heavy atom. The van der Waals surface area contributed by atoms with Crippen molar-refractivity contribution in [2.24, 2.45) is 0 Å². The summed E-state index contributed by atoms with van der Waals surface area (Å²) in [4.78, 5) is 8.90. The largest absolute Gasteiger partial charge is 0.416 e. The molecule has 1 aliphatic heterocycles. The van der Waals surface area contributed by atoms with Crippen LogP contribution in [0.25, 0.3) is 11.4 Å². The van der Waals surface area contributed by atoms with E-state index in [0.717, 1.165) is 44.9 Å². The van der Waals surface area contributed by atoms with E-state index in [1.54, 1.807) is 0 Å². The van der Waals surface area contributed by atoms with E-state index >= 15 is 0 Å². The van der Waals surface area contributed by atoms with Crippen molar-refractivity contribution in [1.82, 2.24) is 19.9 Å². The predicted octanol–water partition coefficient (Wildman–Crippen LogP) is 2.89. The summed E-state index contributed by atoms with van der Waals surface area (Å²) in [6.07, 6.45) is -4.35. The van der Waals surface area contributed by atoms with Crippen LogP contribution in [0, 0.1) is 0 Å². The van der Waals surface area contributed by atoms with E-state index in [9.17, 15) is 13.2 Å². The van der Waals surface area contributed by atoms with Crippen LogP contribution >= 0.6 is 0 Å². The van der Waals surface area contributed by atoms with Crippen LogP contribution in [-0.4, -0.2) is 52.7 Å². The van der Waals surface area contributed by atoms with Gasteiger partial charge >= 0.3 is 6.18 Å². The molecule has 0 unspecified atom stereocenters. The summed E-state index contributed by atoms with van der Waals surface area (Å²) in [5, 5.41) is 3.87. The van der Waals surface area contributed by atoms with Crippen LogP contribution in [0.3, 0.4) is 0 Å². The van der Waals surface area contributed by atoms with Crippen molar-refractivity contribution in [3.8, 4) is 11.4 Å². The second-order valence-corrected chi connectivity index (χ2v) is 5.80. The Bertz CT molecular complexity index is 661. The van der Waals surface area contributed by atoms with Crippen LogP contribution in [0.1, 0.15) is 18.4 Å². The monoisotopic (exact) mass is 340 g/mol. The van der Waals surface area contributed by atoms with E-state index < -0.39 is 11.7 Å². The second kappa shape index (κ2) is 6.90. The van der Waals surface area contributed by atoms with Gasteiger partial charge in [-0.05, 0) is 18.7 Å². The summed E-state index contributed by atoms with van der Waals surface area (Å²) in [5.74, 6) is 0.792. The van der Waals surface area contributed by atoms with E-state index in [2.05, 4.69) is 26.9 Å². The zero-order valence-corrected chi connectivity index (χ0v) is 13.4. The molecule has 0 spiro atoms. The van der Waals surface area contributed by atoms with Gasteiger partial charge in [0.15, 0.2) is 0 Å². The highest BCUT2D eigenvalue weighted by Crippen LogP contribution is 2.30. The highest BCUT2D eigenvalue weighted by Gasteiger charge is 2.30. The van der Waals surface area contributed by atoms with Gasteiger partial charge < -0.3 is 9.42 Å². The van der Waals surface area contributed by atoms with E-state index in [-0.39, 0.29) is 0 Å². The summed E-state index contributed by atoms with van der Waals surface area (Å²) in [6.45, 7) is 7.64. The van der Waals surface area contributed by atoms with Gasteiger partial charge in [0.25, 0.3) is 0 Å². The number of nitrogens with zero attached hydrogens (tertiary/aromatic N) is 4. The average Bonchev–Trinajstić information content (AvgIpc) is 3.03. The fourth-order valence-corrected chi connectivity index (χ4v) is 2.70. The third-order valence-electron chi connectivity index (χ3n) is 4.21. The van der Waals surface area contributed by atoms with Crippen molar-refractivity contribution >= 4 is 0 Å². The fourth-order valence-electron chi connectivity index (χ4n) is 2.70. The number of benzene rings is 1. The molecule has 0 bridgehead atoms. The van der Waals surface area contributed by atoms with Crippen molar-refractivity contribution in [2.45, 2.75) is 19.6 Å². The van der Waals surface area contributed by atoms with Gasteiger partial charge in [0, 0.05) is 31.7 Å². The zero-order chi connectivity index (χ0) is 17.2. The molecule has 24 heavy (non-hydrogen) atoms. The first-order valence-corrected chi connectivity index (χ1v) is 7.90. The molecule has 2 aromatic rings. The molecule has 0 saturated carbocycles. The van der Waals surface area contributed by atoms with Gasteiger partial charge in [0.2, 0.25) is 11.7 Å². The van der Waals surface area contributed by atoms with Gasteiger partial charge in [-0.25, -0.2) is 0 Å². The predicted molar refractivity (Wildman–Crippen MR) is 82.1 cm³/mol. The lowest BCUT2D eigenvalue weighted by atomic mass is 10.1. The second-order valence-electron chi connectivity index (χ2n) is 5.80. The van der Waals surface area contributed by atoms with Crippen LogP contribution in [0.2, 0.25) is 0 Å². The quantitative estimate of drug-likeness (QED) is 0.856. The Balaban J connectivity index is 1.63. The Kier molecular flexibility index (Phi) is 4.86. The maximum absolute atomic E-state index is 12.6. The molecule has 1 saturated heterocycles. The van der Waals surface area contributed by atoms with Crippen LogP contribution in [-0.2, 0) is 12.7 Å². The number of alkyl halides is 3. The molecule has 1 aromatic carbocycles. The summed E-state index contributed by atoms with van der Waals surface area (Å²) in [5.41, 5.74) is -0.183. The summed E-state index contributed by atoms with van der Waals surface area (Å²) in [7, 11) is 0. The fraction of sp³-hybridized carbons (Fsp3) is 0.500. The number of hydrogen-bond acceptors (Lipinski definition) is 5. The van der Waals surface area contributed by atoms with Crippen LogP contribution in [0.5, 0.6) is 0 Å². The minimum Gasteiger partial charge on any atom is -0.338 e. The Labute approximate surface area is 138 Å². The lowest BCUT2D eigenvalue weighted by Crippen LogP contribution is -2.45. The third kappa shape index (κ3) is 3.93. The molecule has 8 heteroatoms. The minimum absolute atomic E-state index is 0.311. The number of hydrogen-bond donors (Lipinski definition) is 0. The first-order valence-electron chi connectivity index (χ1n) is 7.90. The van der Waals surface area contributed by atoms with Gasteiger partial charge in [-0.15, -0.1) is 0 Å². The first kappa shape index (κ1) is 16.9. The average molecular weight is 340 g/mol. The SMILES string of the molecule is CCN1CCN(Cc2nc(-c3ccc(C(F)(F)F)cc3)no2)CC1. The molecule has 3 rings (SSSR count). The Hall–Kier alpha value is -1.93. The van der Waals surface area contributed by atoms with Crippen molar-refractivity contribution < 1.29 is 17.7 Å². The first-order chi connectivity index (χ1) is 11.5. The van der Waals surface area contributed by atoms with Gasteiger partial charge in [0.05, 0.1) is 12.1 Å². The number of halogens is 3. The molecule has 0 aliphatic carbocycles. The number of likely N-dealkylation sites (N-methyl/N-ethyl adjacent to an activating group) is 1. The number of piperazine rings is 1. The maximum Gasteiger partial charge on any atom is 0.416 e. The molecule has 1 fully saturated rings. The molecule has 0 amide bonds. The van der Waals surface area contributed by atoms with Crippen molar-refractivity contribution in [1.29, 1.82) is 0 Å². The molecule has 0 N–H and O–H groups in total. The summed E-state index contributed by atoms with van der Waals surface area (Å²) in [6, 6.07) is 4.76. The van der Waals surface area contributed by atoms with Gasteiger partial charge in [-0.2, -0.15) is 18.2 Å². The van der Waals surface area contributed by atoms with E-state index in [1.807, 2.05) is 0 Å². The maximum atomic E-state index is 12.6. The Morgan fingerprint density at radius 1 is 1.04 bits per heavy atom. The van der Waals surface area contributed by atoms with Crippen molar-refractivity contribution in [3.05, 3.63) is 35.7 Å². The molecule has 130 valence electrons. The molecular weight excluding hydrogens is 321 g/mol. The number of aromatic nitrogens is 2. The van der Waals surface area contributed by atoms with Crippen molar-refractivity contribution in [3.63, 3.8) is 0 Å². The van der Waals surface area contributed by atoms with E-state index in [1.165, 1.54) is 12.1 Å². The smallest absolute Gasteiger partial charge is 0.338 e. The molecular formula is C16H19F3N4O. The van der Waals surface area contributed by atoms with Crippen LogP contribution < -0.4 is 0 Å². The van der Waals surface area contributed by atoms with Gasteiger partial charge in [-0.1, -0.05) is 24.2 Å². The molecule has 0 atom stereocenters. The van der Waals surface area contributed by atoms with Crippen molar-refractivity contribution in [2.75, 3.05) is 32.7 Å². The highest BCUT2D eigenvalue weighted by atomic mass is 19.4. The van der Waals surface area contributed by atoms with E-state index in [0.29, 0.717) is 23.8 Å². The van der Waals surface area contributed by atoms with Gasteiger partial charge in [-0.3, -0.25) is 4.90 Å². The Morgan fingerprint density at radius 3 is 2.25 bits per heavy atom. The highest BCUT2D eigenvalue weighted by molar-refractivity contribution is 5.54. The van der Waals surface area contributed by atoms with Crippen LogP contribution in [0.4, 0.5) is 13.2 Å².